The van der Waals surface area contributed by atoms with Gasteiger partial charge >= 0.3 is 0 Å². The maximum absolute atomic E-state index is 12.4. The summed E-state index contributed by atoms with van der Waals surface area (Å²) < 4.78 is 25.2. The SMILES string of the molecule is N#Cc1ccccc1CS(=O)(=O)c1ccccc1Br. The monoisotopic (exact) mass is 335 g/mol. The number of sulfone groups is 1. The molecule has 0 saturated carbocycles. The minimum Gasteiger partial charge on any atom is -0.223 e. The van der Waals surface area contributed by atoms with Crippen molar-refractivity contribution in [3.8, 4) is 6.07 Å². The van der Waals surface area contributed by atoms with Gasteiger partial charge in [0.05, 0.1) is 22.3 Å². The summed E-state index contributed by atoms with van der Waals surface area (Å²) in [5, 5.41) is 8.99. The van der Waals surface area contributed by atoms with Crippen LogP contribution in [0.1, 0.15) is 11.1 Å². The molecule has 0 heterocycles. The lowest BCUT2D eigenvalue weighted by Gasteiger charge is -2.07. The van der Waals surface area contributed by atoms with Crippen LogP contribution in [0, 0.1) is 11.3 Å². The molecule has 2 rings (SSSR count). The highest BCUT2D eigenvalue weighted by Crippen LogP contribution is 2.25. The molecule has 2 aromatic carbocycles. The normalized spacial score (nSPS) is 10.9. The first-order valence-corrected chi connectivity index (χ1v) is 7.94. The summed E-state index contributed by atoms with van der Waals surface area (Å²) in [6.45, 7) is 0. The van der Waals surface area contributed by atoms with Gasteiger partial charge in [-0.1, -0.05) is 30.3 Å². The van der Waals surface area contributed by atoms with Crippen molar-refractivity contribution in [2.75, 3.05) is 0 Å². The Hall–Kier alpha value is -1.64. The van der Waals surface area contributed by atoms with E-state index in [0.29, 0.717) is 15.6 Å². The molecule has 0 N–H and O–H groups in total. The largest absolute Gasteiger partial charge is 0.223 e. The summed E-state index contributed by atoms with van der Waals surface area (Å²) in [7, 11) is -3.47. The summed E-state index contributed by atoms with van der Waals surface area (Å²) >= 11 is 3.24. The van der Waals surface area contributed by atoms with Gasteiger partial charge in [0.15, 0.2) is 9.84 Å². The highest BCUT2D eigenvalue weighted by molar-refractivity contribution is 9.10. The van der Waals surface area contributed by atoms with E-state index in [1.54, 1.807) is 48.5 Å². The van der Waals surface area contributed by atoms with Crippen LogP contribution in [-0.4, -0.2) is 8.42 Å². The van der Waals surface area contributed by atoms with Crippen molar-refractivity contribution < 1.29 is 8.42 Å². The van der Waals surface area contributed by atoms with Crippen LogP contribution in [0.5, 0.6) is 0 Å². The van der Waals surface area contributed by atoms with Crippen LogP contribution in [0.25, 0.3) is 0 Å². The highest BCUT2D eigenvalue weighted by atomic mass is 79.9. The molecular weight excluding hydrogens is 326 g/mol. The number of benzene rings is 2. The van der Waals surface area contributed by atoms with E-state index >= 15 is 0 Å². The van der Waals surface area contributed by atoms with E-state index in [2.05, 4.69) is 15.9 Å². The van der Waals surface area contributed by atoms with Gasteiger partial charge in [-0.2, -0.15) is 5.26 Å². The fourth-order valence-electron chi connectivity index (χ4n) is 1.73. The Kier molecular flexibility index (Phi) is 4.03. The number of hydrogen-bond donors (Lipinski definition) is 0. The second-order valence-corrected chi connectivity index (χ2v) is 6.77. The molecule has 0 saturated heterocycles. The van der Waals surface area contributed by atoms with E-state index in [-0.39, 0.29) is 10.6 Å². The zero-order valence-corrected chi connectivity index (χ0v) is 12.3. The molecule has 0 bridgehead atoms. The molecule has 96 valence electrons. The van der Waals surface area contributed by atoms with E-state index in [4.69, 9.17) is 5.26 Å². The summed E-state index contributed by atoms with van der Waals surface area (Å²) in [4.78, 5) is 0.239. The molecule has 0 aliphatic rings. The number of rotatable bonds is 3. The van der Waals surface area contributed by atoms with Gasteiger partial charge in [0.2, 0.25) is 0 Å². The van der Waals surface area contributed by atoms with Crippen LogP contribution < -0.4 is 0 Å². The minimum atomic E-state index is -3.47. The standard InChI is InChI=1S/C14H10BrNO2S/c15-13-7-3-4-8-14(13)19(17,18)10-12-6-2-1-5-11(12)9-16/h1-8H,10H2. The van der Waals surface area contributed by atoms with Gasteiger partial charge in [-0.3, -0.25) is 0 Å². The first-order chi connectivity index (χ1) is 9.04. The van der Waals surface area contributed by atoms with Gasteiger partial charge in [0, 0.05) is 4.47 Å². The topological polar surface area (TPSA) is 57.9 Å². The molecule has 3 nitrogen and oxygen atoms in total. The van der Waals surface area contributed by atoms with Crippen LogP contribution in [-0.2, 0) is 15.6 Å². The van der Waals surface area contributed by atoms with Crippen molar-refractivity contribution in [2.24, 2.45) is 0 Å². The molecular formula is C14H10BrNO2S. The lowest BCUT2D eigenvalue weighted by Crippen LogP contribution is -2.07. The molecule has 0 spiro atoms. The van der Waals surface area contributed by atoms with Gasteiger partial charge < -0.3 is 0 Å². The molecule has 2 aromatic rings. The Labute approximate surface area is 120 Å². The van der Waals surface area contributed by atoms with Crippen molar-refractivity contribution in [3.05, 3.63) is 64.1 Å². The smallest absolute Gasteiger partial charge is 0.183 e. The van der Waals surface area contributed by atoms with Crippen LogP contribution in [0.15, 0.2) is 57.9 Å². The summed E-state index contributed by atoms with van der Waals surface area (Å²) in [6.07, 6.45) is 0. The van der Waals surface area contributed by atoms with Crippen LogP contribution in [0.3, 0.4) is 0 Å². The molecule has 0 amide bonds. The molecule has 0 aliphatic carbocycles. The molecule has 0 unspecified atom stereocenters. The van der Waals surface area contributed by atoms with Crippen molar-refractivity contribution in [1.29, 1.82) is 5.26 Å². The molecule has 19 heavy (non-hydrogen) atoms. The Balaban J connectivity index is 2.44. The molecule has 0 fully saturated rings. The molecule has 0 aliphatic heterocycles. The first kappa shape index (κ1) is 13.8. The first-order valence-electron chi connectivity index (χ1n) is 5.50. The van der Waals surface area contributed by atoms with Gasteiger partial charge in [0.25, 0.3) is 0 Å². The van der Waals surface area contributed by atoms with E-state index in [9.17, 15) is 8.42 Å². The van der Waals surface area contributed by atoms with Crippen LogP contribution >= 0.6 is 15.9 Å². The predicted octanol–water partition coefficient (Wildman–Crippen LogP) is 3.29. The van der Waals surface area contributed by atoms with Gasteiger partial charge in [-0.05, 0) is 39.7 Å². The molecule has 5 heteroatoms. The van der Waals surface area contributed by atoms with Gasteiger partial charge in [0.1, 0.15) is 0 Å². The van der Waals surface area contributed by atoms with Gasteiger partial charge in [-0.25, -0.2) is 8.42 Å². The van der Waals surface area contributed by atoms with Crippen molar-refractivity contribution >= 4 is 25.8 Å². The number of nitriles is 1. The van der Waals surface area contributed by atoms with Crippen LogP contribution in [0.2, 0.25) is 0 Å². The fourth-order valence-corrected chi connectivity index (χ4v) is 4.23. The number of hydrogen-bond acceptors (Lipinski definition) is 3. The third kappa shape index (κ3) is 3.03. The Morgan fingerprint density at radius 2 is 1.68 bits per heavy atom. The van der Waals surface area contributed by atoms with Crippen molar-refractivity contribution in [3.63, 3.8) is 0 Å². The maximum Gasteiger partial charge on any atom is 0.183 e. The predicted molar refractivity (Wildman–Crippen MR) is 76.2 cm³/mol. The third-order valence-electron chi connectivity index (χ3n) is 2.66. The quantitative estimate of drug-likeness (QED) is 0.864. The van der Waals surface area contributed by atoms with Crippen molar-refractivity contribution in [2.45, 2.75) is 10.6 Å². The van der Waals surface area contributed by atoms with Crippen LogP contribution in [0.4, 0.5) is 0 Å². The Morgan fingerprint density at radius 3 is 2.37 bits per heavy atom. The lowest BCUT2D eigenvalue weighted by atomic mass is 10.1. The third-order valence-corrected chi connectivity index (χ3v) is 5.33. The lowest BCUT2D eigenvalue weighted by molar-refractivity contribution is 0.595. The molecule has 0 radical (unpaired) electrons. The minimum absolute atomic E-state index is 0.181. The van der Waals surface area contributed by atoms with E-state index in [1.807, 2.05) is 6.07 Å². The number of nitrogens with zero attached hydrogens (tertiary/aromatic N) is 1. The average Bonchev–Trinajstić information content (AvgIpc) is 2.39. The zero-order valence-electron chi connectivity index (χ0n) is 9.88. The average molecular weight is 336 g/mol. The fraction of sp³-hybridized carbons (Fsp3) is 0.0714. The maximum atomic E-state index is 12.4. The number of halogens is 1. The highest BCUT2D eigenvalue weighted by Gasteiger charge is 2.19. The van der Waals surface area contributed by atoms with Crippen molar-refractivity contribution in [1.82, 2.24) is 0 Å². The van der Waals surface area contributed by atoms with Gasteiger partial charge in [-0.15, -0.1) is 0 Å². The Morgan fingerprint density at radius 1 is 1.05 bits per heavy atom. The molecule has 0 atom stereocenters. The Bertz CT molecular complexity index is 748. The summed E-state index contributed by atoms with van der Waals surface area (Å²) in [5.74, 6) is -0.181. The zero-order chi connectivity index (χ0) is 13.9. The summed E-state index contributed by atoms with van der Waals surface area (Å²) in [5.41, 5.74) is 0.902. The summed E-state index contributed by atoms with van der Waals surface area (Å²) in [6, 6.07) is 15.4. The second-order valence-electron chi connectivity index (χ2n) is 3.96. The van der Waals surface area contributed by atoms with E-state index in [1.165, 1.54) is 0 Å². The van der Waals surface area contributed by atoms with E-state index < -0.39 is 9.84 Å². The second kappa shape index (κ2) is 5.55. The van der Waals surface area contributed by atoms with E-state index in [0.717, 1.165) is 0 Å². The molecule has 0 aromatic heterocycles.